The maximum atomic E-state index is 5.40. The molecule has 0 atom stereocenters. The Labute approximate surface area is 319 Å². The number of hydrogen-bond donors (Lipinski definition) is 0. The molecule has 0 fully saturated rings. The molecule has 0 N–H and O–H groups in total. The van der Waals surface area contributed by atoms with Gasteiger partial charge in [0.2, 0.25) is 0 Å². The highest BCUT2D eigenvalue weighted by Gasteiger charge is 2.51. The number of nitrogens with zero attached hydrogens (tertiary/aromatic N) is 2. The van der Waals surface area contributed by atoms with Crippen molar-refractivity contribution >= 4 is 32.3 Å². The zero-order valence-electron chi connectivity index (χ0n) is 29.9. The lowest BCUT2D eigenvalue weighted by Gasteiger charge is -2.30. The van der Waals surface area contributed by atoms with Crippen LogP contribution in [0.3, 0.4) is 0 Å². The summed E-state index contributed by atoms with van der Waals surface area (Å²) in [5.41, 5.74) is 15.0. The van der Waals surface area contributed by atoms with Crippen molar-refractivity contribution in [1.29, 1.82) is 0 Å². The Hall–Kier alpha value is -7.16. The van der Waals surface area contributed by atoms with Crippen LogP contribution in [0.25, 0.3) is 88.5 Å². The van der Waals surface area contributed by atoms with Crippen LogP contribution in [0.2, 0.25) is 0 Å². The van der Waals surface area contributed by atoms with E-state index < -0.39 is 5.41 Å². The first-order chi connectivity index (χ1) is 27.3. The van der Waals surface area contributed by atoms with E-state index in [9.17, 15) is 0 Å². The molecule has 12 rings (SSSR count). The minimum Gasteiger partial charge on any atom is -0.228 e. The summed E-state index contributed by atoms with van der Waals surface area (Å²) in [5, 5.41) is 7.25. The van der Waals surface area contributed by atoms with E-state index in [-0.39, 0.29) is 0 Å². The molecule has 2 nitrogen and oxygen atoms in total. The molecule has 10 aromatic rings. The Kier molecular flexibility index (Phi) is 6.29. The number of rotatable bonds is 3. The molecule has 2 heteroatoms. The number of aromatic nitrogens is 2. The van der Waals surface area contributed by atoms with E-state index in [2.05, 4.69) is 188 Å². The number of fused-ring (bicyclic) bond motifs is 14. The first-order valence-electron chi connectivity index (χ1n) is 19.0. The van der Waals surface area contributed by atoms with Gasteiger partial charge in [0.1, 0.15) is 0 Å². The molecular formula is C53H32N2. The normalized spacial score (nSPS) is 13.2. The van der Waals surface area contributed by atoms with Crippen LogP contribution in [0.5, 0.6) is 0 Å². The predicted octanol–water partition coefficient (Wildman–Crippen LogP) is 13.3. The molecule has 1 aromatic heterocycles. The molecule has 254 valence electrons. The summed E-state index contributed by atoms with van der Waals surface area (Å²) in [4.78, 5) is 10.8. The van der Waals surface area contributed by atoms with Gasteiger partial charge < -0.3 is 0 Å². The largest absolute Gasteiger partial charge is 0.228 e. The lowest BCUT2D eigenvalue weighted by Crippen LogP contribution is -2.25. The van der Waals surface area contributed by atoms with Crippen LogP contribution in [0.4, 0.5) is 0 Å². The van der Waals surface area contributed by atoms with Crippen molar-refractivity contribution in [2.24, 2.45) is 0 Å². The van der Waals surface area contributed by atoms with Crippen molar-refractivity contribution in [3.05, 3.63) is 216 Å². The molecule has 0 aliphatic heterocycles. The lowest BCUT2D eigenvalue weighted by molar-refractivity contribution is 0.794. The summed E-state index contributed by atoms with van der Waals surface area (Å²) < 4.78 is 0. The van der Waals surface area contributed by atoms with E-state index in [1.54, 1.807) is 0 Å². The van der Waals surface area contributed by atoms with E-state index in [1.807, 2.05) is 6.07 Å². The van der Waals surface area contributed by atoms with E-state index in [1.165, 1.54) is 76.8 Å². The number of benzene rings is 9. The maximum Gasteiger partial charge on any atom is 0.160 e. The maximum absolute atomic E-state index is 5.40. The highest BCUT2D eigenvalue weighted by molar-refractivity contribution is 6.19. The average molecular weight is 697 g/mol. The molecule has 0 radical (unpaired) electrons. The first kappa shape index (κ1) is 30.3. The molecule has 0 saturated carbocycles. The second-order valence-corrected chi connectivity index (χ2v) is 14.8. The summed E-state index contributed by atoms with van der Waals surface area (Å²) in [6.07, 6.45) is 0. The van der Waals surface area contributed by atoms with Crippen LogP contribution in [0, 0.1) is 0 Å². The molecule has 1 heterocycles. The fourth-order valence-electron chi connectivity index (χ4n) is 9.79. The third kappa shape index (κ3) is 4.19. The summed E-state index contributed by atoms with van der Waals surface area (Å²) in [7, 11) is 0. The van der Waals surface area contributed by atoms with Gasteiger partial charge in [0.15, 0.2) is 5.82 Å². The van der Waals surface area contributed by atoms with Gasteiger partial charge in [-0.2, -0.15) is 0 Å². The third-order valence-corrected chi connectivity index (χ3v) is 12.1. The summed E-state index contributed by atoms with van der Waals surface area (Å²) >= 11 is 0. The Morgan fingerprint density at radius 1 is 0.309 bits per heavy atom. The van der Waals surface area contributed by atoms with Gasteiger partial charge in [-0.05, 0) is 95.0 Å². The van der Waals surface area contributed by atoms with Gasteiger partial charge in [-0.3, -0.25) is 0 Å². The van der Waals surface area contributed by atoms with Gasteiger partial charge in [0.05, 0.1) is 16.8 Å². The second kappa shape index (κ2) is 11.4. The van der Waals surface area contributed by atoms with Crippen LogP contribution in [0.15, 0.2) is 194 Å². The van der Waals surface area contributed by atoms with Crippen molar-refractivity contribution in [3.63, 3.8) is 0 Å². The van der Waals surface area contributed by atoms with Crippen molar-refractivity contribution in [3.8, 4) is 56.2 Å². The average Bonchev–Trinajstić information content (AvgIpc) is 3.73. The van der Waals surface area contributed by atoms with Gasteiger partial charge in [-0.15, -0.1) is 0 Å². The van der Waals surface area contributed by atoms with Gasteiger partial charge >= 0.3 is 0 Å². The molecular weight excluding hydrogens is 665 g/mol. The van der Waals surface area contributed by atoms with Crippen molar-refractivity contribution in [2.75, 3.05) is 0 Å². The van der Waals surface area contributed by atoms with Gasteiger partial charge in [0.25, 0.3) is 0 Å². The topological polar surface area (TPSA) is 25.8 Å². The fraction of sp³-hybridized carbons (Fsp3) is 0.0189. The zero-order chi connectivity index (χ0) is 36.1. The number of hydrogen-bond acceptors (Lipinski definition) is 2. The van der Waals surface area contributed by atoms with Gasteiger partial charge in [0, 0.05) is 16.7 Å². The molecule has 9 aromatic carbocycles. The van der Waals surface area contributed by atoms with Crippen molar-refractivity contribution < 1.29 is 0 Å². The molecule has 1 spiro atoms. The van der Waals surface area contributed by atoms with Crippen LogP contribution >= 0.6 is 0 Å². The zero-order valence-corrected chi connectivity index (χ0v) is 29.9. The standard InChI is InChI=1S/C53H32N2/c1-2-15-34(16-3-1)52-54-49(32-50(55-52)51-38-19-7-5-17-35(38)30-44-37-18-6-4-14-33(37)26-29-43(44)51)36-27-28-42-41-22-10-13-25-47(41)53(48(42)31-36)45-23-11-8-20-39(45)40-21-9-12-24-46(40)53/h1-32H. The highest BCUT2D eigenvalue weighted by Crippen LogP contribution is 2.63. The van der Waals surface area contributed by atoms with Crippen molar-refractivity contribution in [1.82, 2.24) is 9.97 Å². The third-order valence-electron chi connectivity index (χ3n) is 12.1. The Morgan fingerprint density at radius 3 is 1.58 bits per heavy atom. The molecule has 0 bridgehead atoms. The molecule has 55 heavy (non-hydrogen) atoms. The minimum atomic E-state index is -0.430. The molecule has 0 saturated heterocycles. The van der Waals surface area contributed by atoms with Gasteiger partial charge in [-0.1, -0.05) is 176 Å². The molecule has 0 unspecified atom stereocenters. The van der Waals surface area contributed by atoms with Crippen LogP contribution < -0.4 is 0 Å². The Morgan fingerprint density at radius 2 is 0.873 bits per heavy atom. The van der Waals surface area contributed by atoms with Crippen LogP contribution in [-0.2, 0) is 5.41 Å². The highest BCUT2D eigenvalue weighted by atomic mass is 14.9. The summed E-state index contributed by atoms with van der Waals surface area (Å²) in [6.45, 7) is 0. The van der Waals surface area contributed by atoms with Crippen LogP contribution in [-0.4, -0.2) is 9.97 Å². The van der Waals surface area contributed by atoms with E-state index in [0.29, 0.717) is 5.82 Å². The van der Waals surface area contributed by atoms with E-state index >= 15 is 0 Å². The Balaban J connectivity index is 1.16. The molecule has 2 aliphatic rings. The monoisotopic (exact) mass is 696 g/mol. The van der Waals surface area contributed by atoms with E-state index in [0.717, 1.165) is 28.1 Å². The Bertz CT molecular complexity index is 3150. The molecule has 2 aliphatic carbocycles. The minimum absolute atomic E-state index is 0.430. The SMILES string of the molecule is c1ccc(-c2nc(-c3ccc4c(c3)C3(c5ccccc5-c5ccccc53)c3ccccc3-4)cc(-c3c4ccccc4cc4c3ccc3ccccc34)n2)cc1. The summed E-state index contributed by atoms with van der Waals surface area (Å²) in [6, 6.07) is 70.8. The van der Waals surface area contributed by atoms with Crippen molar-refractivity contribution in [2.45, 2.75) is 5.41 Å². The fourth-order valence-corrected chi connectivity index (χ4v) is 9.79. The molecule has 0 amide bonds. The lowest BCUT2D eigenvalue weighted by atomic mass is 9.70. The van der Waals surface area contributed by atoms with Crippen LogP contribution in [0.1, 0.15) is 22.3 Å². The smallest absolute Gasteiger partial charge is 0.160 e. The summed E-state index contributed by atoms with van der Waals surface area (Å²) in [5.74, 6) is 0.713. The first-order valence-corrected chi connectivity index (χ1v) is 19.0. The van der Waals surface area contributed by atoms with E-state index in [4.69, 9.17) is 9.97 Å². The predicted molar refractivity (Wildman–Crippen MR) is 227 cm³/mol. The second-order valence-electron chi connectivity index (χ2n) is 14.8. The van der Waals surface area contributed by atoms with Gasteiger partial charge in [-0.25, -0.2) is 9.97 Å². The quantitative estimate of drug-likeness (QED) is 0.136.